The van der Waals surface area contributed by atoms with Crippen LogP contribution >= 0.6 is 0 Å². The van der Waals surface area contributed by atoms with E-state index in [1.54, 1.807) is 5.57 Å². The van der Waals surface area contributed by atoms with Gasteiger partial charge in [-0.15, -0.1) is 0 Å². The molecular weight excluding hydrogens is 156 g/mol. The Morgan fingerprint density at radius 1 is 1.23 bits per heavy atom. The van der Waals surface area contributed by atoms with E-state index in [0.717, 1.165) is 0 Å². The third-order valence-electron chi connectivity index (χ3n) is 3.60. The van der Waals surface area contributed by atoms with Crippen LogP contribution in [0.1, 0.15) is 53.9 Å². The molecule has 1 unspecified atom stereocenters. The highest BCUT2D eigenvalue weighted by molar-refractivity contribution is 5.44. The zero-order valence-electron chi connectivity index (χ0n) is 9.70. The van der Waals surface area contributed by atoms with Gasteiger partial charge in [-0.1, -0.05) is 43.9 Å². The second-order valence-corrected chi connectivity index (χ2v) is 4.60. The summed E-state index contributed by atoms with van der Waals surface area (Å²) in [5, 5.41) is 0. The fraction of sp³-hybridized carbons (Fsp3) is 0.692. The summed E-state index contributed by atoms with van der Waals surface area (Å²) in [6.45, 7) is 11.4. The summed E-state index contributed by atoms with van der Waals surface area (Å²) in [6.07, 6.45) is 6.40. The Bertz CT molecular complexity index is 255. The molecule has 0 aromatic rings. The molecule has 1 rings (SSSR count). The maximum Gasteiger partial charge on any atom is 0.00713 e. The smallest absolute Gasteiger partial charge is 0.00713 e. The van der Waals surface area contributed by atoms with Crippen LogP contribution in [-0.2, 0) is 0 Å². The Morgan fingerprint density at radius 3 is 2.23 bits per heavy atom. The van der Waals surface area contributed by atoms with Gasteiger partial charge < -0.3 is 0 Å². The molecule has 1 aliphatic carbocycles. The van der Waals surface area contributed by atoms with E-state index in [-0.39, 0.29) is 0 Å². The quantitative estimate of drug-likeness (QED) is 0.597. The molecule has 0 saturated carbocycles. The Morgan fingerprint density at radius 2 is 1.85 bits per heavy atom. The van der Waals surface area contributed by atoms with Gasteiger partial charge in [-0.3, -0.25) is 0 Å². The molecule has 1 aliphatic rings. The molecular formula is C13H22. The topological polar surface area (TPSA) is 0 Å². The Kier molecular flexibility index (Phi) is 3.00. The van der Waals surface area contributed by atoms with Crippen molar-refractivity contribution in [1.82, 2.24) is 0 Å². The van der Waals surface area contributed by atoms with Gasteiger partial charge in [-0.2, -0.15) is 0 Å². The van der Waals surface area contributed by atoms with Crippen LogP contribution in [0.5, 0.6) is 0 Å². The van der Waals surface area contributed by atoms with Crippen molar-refractivity contribution < 1.29 is 0 Å². The number of hydrogen-bond acceptors (Lipinski definition) is 0. The van der Waals surface area contributed by atoms with Gasteiger partial charge in [0.05, 0.1) is 0 Å². The summed E-state index contributed by atoms with van der Waals surface area (Å²) in [4.78, 5) is 0. The van der Waals surface area contributed by atoms with Crippen molar-refractivity contribution in [2.75, 3.05) is 0 Å². The van der Waals surface area contributed by atoms with Crippen LogP contribution in [0.4, 0.5) is 0 Å². The first-order chi connectivity index (χ1) is 6.01. The average molecular weight is 178 g/mol. The fourth-order valence-electron chi connectivity index (χ4n) is 2.22. The molecule has 0 heterocycles. The summed E-state index contributed by atoms with van der Waals surface area (Å²) in [5.74, 6) is 0. The molecule has 1 atom stereocenters. The lowest BCUT2D eigenvalue weighted by Gasteiger charge is -2.24. The summed E-state index contributed by atoms with van der Waals surface area (Å²) >= 11 is 0. The minimum Gasteiger partial charge on any atom is -0.0713 e. The number of unbranched alkanes of at least 4 members (excludes halogenated alkanes) is 1. The van der Waals surface area contributed by atoms with Crippen molar-refractivity contribution in [2.24, 2.45) is 5.41 Å². The number of allylic oxidation sites excluding steroid dienone is 4. The molecule has 0 bridgehead atoms. The van der Waals surface area contributed by atoms with E-state index < -0.39 is 0 Å². The molecule has 0 nitrogen and oxygen atoms in total. The van der Waals surface area contributed by atoms with Gasteiger partial charge in [-0.05, 0) is 32.8 Å². The standard InChI is InChI=1S/C13H22/c1-6-7-8-13(5)9-10(2)11(3)12(13)4/h9H,6-8H2,1-5H3. The van der Waals surface area contributed by atoms with Gasteiger partial charge in [0.15, 0.2) is 0 Å². The number of hydrogen-bond donors (Lipinski definition) is 0. The Balaban J connectivity index is 2.82. The first kappa shape index (κ1) is 10.6. The van der Waals surface area contributed by atoms with E-state index in [1.165, 1.54) is 30.4 Å². The van der Waals surface area contributed by atoms with Crippen molar-refractivity contribution in [1.29, 1.82) is 0 Å². The van der Waals surface area contributed by atoms with E-state index in [9.17, 15) is 0 Å². The zero-order chi connectivity index (χ0) is 10.1. The van der Waals surface area contributed by atoms with Crippen LogP contribution in [0.2, 0.25) is 0 Å². The minimum absolute atomic E-state index is 0.365. The molecule has 0 aliphatic heterocycles. The average Bonchev–Trinajstić information content (AvgIpc) is 2.28. The lowest BCUT2D eigenvalue weighted by atomic mass is 9.80. The summed E-state index contributed by atoms with van der Waals surface area (Å²) in [7, 11) is 0. The van der Waals surface area contributed by atoms with Crippen molar-refractivity contribution in [3.63, 3.8) is 0 Å². The molecule has 0 heteroatoms. The van der Waals surface area contributed by atoms with Gasteiger partial charge in [0.2, 0.25) is 0 Å². The van der Waals surface area contributed by atoms with Gasteiger partial charge in [-0.25, -0.2) is 0 Å². The monoisotopic (exact) mass is 178 g/mol. The summed E-state index contributed by atoms with van der Waals surface area (Å²) in [5.41, 5.74) is 4.94. The third-order valence-corrected chi connectivity index (χ3v) is 3.60. The minimum atomic E-state index is 0.365. The predicted molar refractivity (Wildman–Crippen MR) is 59.8 cm³/mol. The second kappa shape index (κ2) is 3.69. The van der Waals surface area contributed by atoms with Crippen LogP contribution in [0.25, 0.3) is 0 Å². The zero-order valence-corrected chi connectivity index (χ0v) is 9.70. The van der Waals surface area contributed by atoms with Crippen LogP contribution < -0.4 is 0 Å². The molecule has 0 spiro atoms. The van der Waals surface area contributed by atoms with Gasteiger partial charge in [0, 0.05) is 5.41 Å². The van der Waals surface area contributed by atoms with E-state index in [4.69, 9.17) is 0 Å². The van der Waals surface area contributed by atoms with Crippen LogP contribution in [0.3, 0.4) is 0 Å². The number of rotatable bonds is 3. The van der Waals surface area contributed by atoms with Crippen molar-refractivity contribution in [3.8, 4) is 0 Å². The van der Waals surface area contributed by atoms with Gasteiger partial charge in [0.25, 0.3) is 0 Å². The second-order valence-electron chi connectivity index (χ2n) is 4.60. The molecule has 0 amide bonds. The molecule has 0 fully saturated rings. The highest BCUT2D eigenvalue weighted by Gasteiger charge is 2.29. The van der Waals surface area contributed by atoms with Crippen LogP contribution in [0.15, 0.2) is 22.8 Å². The van der Waals surface area contributed by atoms with Gasteiger partial charge in [0.1, 0.15) is 0 Å². The lowest BCUT2D eigenvalue weighted by molar-refractivity contribution is 0.451. The van der Waals surface area contributed by atoms with E-state index in [0.29, 0.717) is 5.41 Å². The van der Waals surface area contributed by atoms with E-state index in [2.05, 4.69) is 40.7 Å². The fourth-order valence-corrected chi connectivity index (χ4v) is 2.22. The van der Waals surface area contributed by atoms with Crippen molar-refractivity contribution >= 4 is 0 Å². The predicted octanol–water partition coefficient (Wildman–Crippen LogP) is 4.48. The first-order valence-corrected chi connectivity index (χ1v) is 5.39. The SMILES string of the molecule is CCCCC1(C)C=C(C)C(C)=C1C. The highest BCUT2D eigenvalue weighted by atomic mass is 14.3. The lowest BCUT2D eigenvalue weighted by Crippen LogP contribution is -2.12. The maximum absolute atomic E-state index is 2.45. The third kappa shape index (κ3) is 1.87. The Labute approximate surface area is 82.7 Å². The summed E-state index contributed by atoms with van der Waals surface area (Å²) < 4.78 is 0. The molecule has 0 radical (unpaired) electrons. The summed E-state index contributed by atoms with van der Waals surface area (Å²) in [6, 6.07) is 0. The van der Waals surface area contributed by atoms with E-state index in [1.807, 2.05) is 0 Å². The van der Waals surface area contributed by atoms with Crippen LogP contribution in [0, 0.1) is 5.41 Å². The Hall–Kier alpha value is -0.520. The first-order valence-electron chi connectivity index (χ1n) is 5.39. The van der Waals surface area contributed by atoms with Crippen molar-refractivity contribution in [3.05, 3.63) is 22.8 Å². The maximum atomic E-state index is 2.45. The normalized spacial score (nSPS) is 28.2. The van der Waals surface area contributed by atoms with Gasteiger partial charge >= 0.3 is 0 Å². The molecule has 0 aromatic carbocycles. The molecule has 74 valence electrons. The molecule has 0 saturated heterocycles. The molecule has 0 aromatic heterocycles. The largest absolute Gasteiger partial charge is 0.0713 e. The van der Waals surface area contributed by atoms with E-state index >= 15 is 0 Å². The molecule has 0 N–H and O–H groups in total. The van der Waals surface area contributed by atoms with Crippen LogP contribution in [-0.4, -0.2) is 0 Å². The molecule has 13 heavy (non-hydrogen) atoms. The highest BCUT2D eigenvalue weighted by Crippen LogP contribution is 2.43. The van der Waals surface area contributed by atoms with Crippen molar-refractivity contribution in [2.45, 2.75) is 53.9 Å².